The summed E-state index contributed by atoms with van der Waals surface area (Å²) in [7, 11) is 0. The molecule has 0 bridgehead atoms. The topological polar surface area (TPSA) is 62.2 Å². The summed E-state index contributed by atoms with van der Waals surface area (Å²) in [5.41, 5.74) is 0.160. The fourth-order valence-corrected chi connectivity index (χ4v) is 2.07. The molecule has 0 spiro atoms. The summed E-state index contributed by atoms with van der Waals surface area (Å²) in [5.74, 6) is -0.216. The number of hydrogen-bond acceptors (Lipinski definition) is 4. The number of nitrogens with one attached hydrogen (secondary N) is 1. The summed E-state index contributed by atoms with van der Waals surface area (Å²) in [5, 5.41) is 13.5. The maximum Gasteiger partial charge on any atom is 0.357 e. The van der Waals surface area contributed by atoms with Gasteiger partial charge in [-0.2, -0.15) is 0 Å². The molecule has 76 valence electrons. The van der Waals surface area contributed by atoms with Gasteiger partial charge in [0.1, 0.15) is 5.00 Å². The van der Waals surface area contributed by atoms with Crippen LogP contribution in [0, 0.1) is 12.8 Å². The maximum absolute atomic E-state index is 10.8. The van der Waals surface area contributed by atoms with Crippen molar-refractivity contribution in [3.8, 4) is 0 Å². The first-order valence-electron chi connectivity index (χ1n) is 4.61. The van der Waals surface area contributed by atoms with Crippen molar-refractivity contribution in [3.63, 3.8) is 0 Å². The van der Waals surface area contributed by atoms with Crippen molar-refractivity contribution in [1.82, 2.24) is 4.98 Å². The molecule has 1 heterocycles. The van der Waals surface area contributed by atoms with Crippen LogP contribution in [-0.2, 0) is 0 Å². The zero-order valence-corrected chi connectivity index (χ0v) is 8.73. The standard InChI is InChI=1S/C9H12N2O2S/c1-5-11-7(9(12)13)8(14-5)10-4-6-2-3-6/h6,10H,2-4H2,1H3,(H,12,13). The van der Waals surface area contributed by atoms with Gasteiger partial charge in [0.05, 0.1) is 5.01 Å². The number of carboxylic acid groups (broad SMARTS) is 1. The molecule has 4 nitrogen and oxygen atoms in total. The third-order valence-electron chi connectivity index (χ3n) is 2.18. The fraction of sp³-hybridized carbons (Fsp3) is 0.556. The molecule has 2 N–H and O–H groups in total. The van der Waals surface area contributed by atoms with Gasteiger partial charge in [-0.05, 0) is 25.7 Å². The van der Waals surface area contributed by atoms with E-state index in [1.807, 2.05) is 6.92 Å². The molecule has 0 amide bonds. The highest BCUT2D eigenvalue weighted by Crippen LogP contribution is 2.31. The summed E-state index contributed by atoms with van der Waals surface area (Å²) in [4.78, 5) is 14.8. The van der Waals surface area contributed by atoms with E-state index in [1.54, 1.807) is 0 Å². The van der Waals surface area contributed by atoms with Crippen LogP contribution in [0.5, 0.6) is 0 Å². The monoisotopic (exact) mass is 212 g/mol. The number of nitrogens with zero attached hydrogens (tertiary/aromatic N) is 1. The number of aromatic nitrogens is 1. The van der Waals surface area contributed by atoms with Gasteiger partial charge in [-0.3, -0.25) is 0 Å². The van der Waals surface area contributed by atoms with E-state index < -0.39 is 5.97 Å². The van der Waals surface area contributed by atoms with E-state index in [9.17, 15) is 4.79 Å². The molecule has 14 heavy (non-hydrogen) atoms. The van der Waals surface area contributed by atoms with Gasteiger partial charge in [0.15, 0.2) is 5.69 Å². The van der Waals surface area contributed by atoms with Crippen LogP contribution in [0.15, 0.2) is 0 Å². The molecular formula is C9H12N2O2S. The van der Waals surface area contributed by atoms with Crippen LogP contribution in [-0.4, -0.2) is 22.6 Å². The Balaban J connectivity index is 2.09. The van der Waals surface area contributed by atoms with Crippen molar-refractivity contribution < 1.29 is 9.90 Å². The molecule has 0 unspecified atom stereocenters. The Labute approximate surface area is 86.0 Å². The van der Waals surface area contributed by atoms with Crippen molar-refractivity contribution in [3.05, 3.63) is 10.7 Å². The summed E-state index contributed by atoms with van der Waals surface area (Å²) in [6.45, 7) is 2.70. The van der Waals surface area contributed by atoms with Crippen molar-refractivity contribution in [1.29, 1.82) is 0 Å². The molecule has 0 aliphatic heterocycles. The number of carboxylic acids is 1. The molecule has 1 aliphatic carbocycles. The highest BCUT2D eigenvalue weighted by molar-refractivity contribution is 7.16. The maximum atomic E-state index is 10.8. The van der Waals surface area contributed by atoms with E-state index in [4.69, 9.17) is 5.11 Å². The van der Waals surface area contributed by atoms with Crippen molar-refractivity contribution in [2.75, 3.05) is 11.9 Å². The Morgan fingerprint density at radius 2 is 2.43 bits per heavy atom. The molecule has 0 saturated heterocycles. The molecule has 1 fully saturated rings. The minimum Gasteiger partial charge on any atom is -0.476 e. The zero-order valence-electron chi connectivity index (χ0n) is 7.91. The first-order chi connectivity index (χ1) is 6.66. The SMILES string of the molecule is Cc1nc(C(=O)O)c(NCC2CC2)s1. The summed E-state index contributed by atoms with van der Waals surface area (Å²) in [6.07, 6.45) is 2.51. The Bertz CT molecular complexity index is 358. The molecule has 1 aromatic rings. The molecule has 0 atom stereocenters. The average molecular weight is 212 g/mol. The van der Waals surface area contributed by atoms with Gasteiger partial charge < -0.3 is 10.4 Å². The van der Waals surface area contributed by atoms with E-state index >= 15 is 0 Å². The van der Waals surface area contributed by atoms with Gasteiger partial charge in [-0.15, -0.1) is 11.3 Å². The molecule has 1 saturated carbocycles. The predicted molar refractivity (Wildman–Crippen MR) is 55.0 cm³/mol. The largest absolute Gasteiger partial charge is 0.476 e. The van der Waals surface area contributed by atoms with Gasteiger partial charge in [-0.1, -0.05) is 0 Å². The lowest BCUT2D eigenvalue weighted by molar-refractivity contribution is 0.0692. The molecule has 0 aromatic carbocycles. The van der Waals surface area contributed by atoms with E-state index in [2.05, 4.69) is 10.3 Å². The lowest BCUT2D eigenvalue weighted by Crippen LogP contribution is -2.07. The summed E-state index contributed by atoms with van der Waals surface area (Å²) >= 11 is 1.41. The minimum absolute atomic E-state index is 0.160. The van der Waals surface area contributed by atoms with Crippen LogP contribution in [0.1, 0.15) is 28.3 Å². The van der Waals surface area contributed by atoms with E-state index in [-0.39, 0.29) is 5.69 Å². The van der Waals surface area contributed by atoms with Crippen molar-refractivity contribution in [2.24, 2.45) is 5.92 Å². The second kappa shape index (κ2) is 3.57. The van der Waals surface area contributed by atoms with E-state index in [0.717, 1.165) is 17.5 Å². The minimum atomic E-state index is -0.951. The summed E-state index contributed by atoms with van der Waals surface area (Å²) < 4.78 is 0. The lowest BCUT2D eigenvalue weighted by Gasteiger charge is -2.01. The second-order valence-corrected chi connectivity index (χ2v) is 4.74. The Morgan fingerprint density at radius 1 is 1.71 bits per heavy atom. The first-order valence-corrected chi connectivity index (χ1v) is 5.43. The van der Waals surface area contributed by atoms with Gasteiger partial charge in [-0.25, -0.2) is 9.78 Å². The van der Waals surface area contributed by atoms with Crippen molar-refractivity contribution >= 4 is 22.3 Å². The highest BCUT2D eigenvalue weighted by atomic mass is 32.1. The van der Waals surface area contributed by atoms with Gasteiger partial charge in [0.2, 0.25) is 0 Å². The molecule has 5 heteroatoms. The normalized spacial score (nSPS) is 15.5. The number of thiazole rings is 1. The lowest BCUT2D eigenvalue weighted by atomic mass is 10.4. The number of aryl methyl sites for hydroxylation is 1. The number of hydrogen-bond donors (Lipinski definition) is 2. The molecule has 1 aliphatic rings. The number of rotatable bonds is 4. The van der Waals surface area contributed by atoms with E-state index in [1.165, 1.54) is 24.2 Å². The van der Waals surface area contributed by atoms with Crippen molar-refractivity contribution in [2.45, 2.75) is 19.8 Å². The fourth-order valence-electron chi connectivity index (χ4n) is 1.25. The zero-order chi connectivity index (χ0) is 10.1. The molecule has 0 radical (unpaired) electrons. The number of anilines is 1. The third kappa shape index (κ3) is 2.04. The van der Waals surface area contributed by atoms with Gasteiger partial charge >= 0.3 is 5.97 Å². The van der Waals surface area contributed by atoms with Crippen LogP contribution >= 0.6 is 11.3 Å². The first kappa shape index (κ1) is 9.45. The molecule has 2 rings (SSSR count). The van der Waals surface area contributed by atoms with Crippen LogP contribution in [0.25, 0.3) is 0 Å². The third-order valence-corrected chi connectivity index (χ3v) is 3.11. The van der Waals surface area contributed by atoms with Crippen LogP contribution in [0.2, 0.25) is 0 Å². The molecule has 1 aromatic heterocycles. The smallest absolute Gasteiger partial charge is 0.357 e. The van der Waals surface area contributed by atoms with Crippen LogP contribution in [0.4, 0.5) is 5.00 Å². The second-order valence-electron chi connectivity index (χ2n) is 3.54. The quantitative estimate of drug-likeness (QED) is 0.801. The predicted octanol–water partition coefficient (Wildman–Crippen LogP) is 1.97. The van der Waals surface area contributed by atoms with Gasteiger partial charge in [0, 0.05) is 6.54 Å². The summed E-state index contributed by atoms with van der Waals surface area (Å²) in [6, 6.07) is 0. The average Bonchev–Trinajstić information content (AvgIpc) is 2.86. The number of carbonyl (C=O) groups is 1. The van der Waals surface area contributed by atoms with Crippen LogP contribution < -0.4 is 5.32 Å². The highest BCUT2D eigenvalue weighted by Gasteiger charge is 2.22. The Morgan fingerprint density at radius 3 is 3.00 bits per heavy atom. The molecular weight excluding hydrogens is 200 g/mol. The van der Waals surface area contributed by atoms with Gasteiger partial charge in [0.25, 0.3) is 0 Å². The Hall–Kier alpha value is -1.10. The number of aromatic carboxylic acids is 1. The van der Waals surface area contributed by atoms with E-state index in [0.29, 0.717) is 5.00 Å². The van der Waals surface area contributed by atoms with Crippen LogP contribution in [0.3, 0.4) is 0 Å². The Kier molecular flexibility index (Phi) is 2.41.